The van der Waals surface area contributed by atoms with Crippen LogP contribution in [0.5, 0.6) is 0 Å². The number of para-hydroxylation sites is 2. The van der Waals surface area contributed by atoms with E-state index in [1.165, 1.54) is 6.07 Å². The van der Waals surface area contributed by atoms with Gasteiger partial charge in [0, 0.05) is 18.6 Å². The Labute approximate surface area is 151 Å². The first-order valence-electron chi connectivity index (χ1n) is 8.73. The highest BCUT2D eigenvalue weighted by atomic mass is 19.1. The van der Waals surface area contributed by atoms with Crippen LogP contribution in [-0.2, 0) is 24.3 Å². The van der Waals surface area contributed by atoms with Crippen molar-refractivity contribution < 1.29 is 19.3 Å². The molecule has 0 spiro atoms. The number of benzene rings is 2. The van der Waals surface area contributed by atoms with Gasteiger partial charge in [-0.2, -0.15) is 0 Å². The van der Waals surface area contributed by atoms with Gasteiger partial charge in [-0.25, -0.2) is 9.37 Å². The topological polar surface area (TPSA) is 67.5 Å². The maximum absolute atomic E-state index is 13.6. The largest absolute Gasteiger partial charge is 0.396 e. The predicted molar refractivity (Wildman–Crippen MR) is 97.2 cm³/mol. The Balaban J connectivity index is 1.64. The molecule has 1 atom stereocenters. The molecule has 0 aliphatic rings. The summed E-state index contributed by atoms with van der Waals surface area (Å²) in [6.07, 6.45) is 0.504. The van der Waals surface area contributed by atoms with Crippen LogP contribution in [0.25, 0.3) is 11.0 Å². The minimum atomic E-state index is -0.743. The molecular weight excluding hydrogens is 335 g/mol. The SMILES string of the molecule is OCCCc1nc2ccccc2n1CC(O)COCc1ccccc1F. The lowest BCUT2D eigenvalue weighted by Gasteiger charge is -2.15. The second kappa shape index (κ2) is 8.89. The smallest absolute Gasteiger partial charge is 0.128 e. The zero-order valence-electron chi connectivity index (χ0n) is 14.5. The average molecular weight is 358 g/mol. The van der Waals surface area contributed by atoms with Gasteiger partial charge in [0.25, 0.3) is 0 Å². The van der Waals surface area contributed by atoms with Crippen LogP contribution in [0.3, 0.4) is 0 Å². The van der Waals surface area contributed by atoms with Crippen LogP contribution in [0.1, 0.15) is 17.8 Å². The number of imidazole rings is 1. The quantitative estimate of drug-likeness (QED) is 0.617. The van der Waals surface area contributed by atoms with E-state index in [1.807, 2.05) is 28.8 Å². The van der Waals surface area contributed by atoms with Crippen molar-refractivity contribution in [3.05, 3.63) is 65.7 Å². The summed E-state index contributed by atoms with van der Waals surface area (Å²) in [4.78, 5) is 4.59. The molecule has 1 heterocycles. The summed E-state index contributed by atoms with van der Waals surface area (Å²) in [5.74, 6) is 0.516. The number of rotatable bonds is 9. The summed E-state index contributed by atoms with van der Waals surface area (Å²) in [6.45, 7) is 0.641. The van der Waals surface area contributed by atoms with E-state index < -0.39 is 6.10 Å². The standard InChI is InChI=1S/C20H23FN2O3/c21-17-7-2-1-6-15(17)13-26-14-16(25)12-23-19-9-4-3-8-18(19)22-20(23)10-5-11-24/h1-4,6-9,16,24-25H,5,10-14H2. The number of nitrogens with zero attached hydrogens (tertiary/aromatic N) is 2. The van der Waals surface area contributed by atoms with Crippen molar-refractivity contribution in [3.63, 3.8) is 0 Å². The summed E-state index contributed by atoms with van der Waals surface area (Å²) in [5.41, 5.74) is 2.27. The van der Waals surface area contributed by atoms with Crippen molar-refractivity contribution in [2.45, 2.75) is 32.1 Å². The zero-order chi connectivity index (χ0) is 18.4. The number of fused-ring (bicyclic) bond motifs is 1. The van der Waals surface area contributed by atoms with E-state index in [-0.39, 0.29) is 25.6 Å². The van der Waals surface area contributed by atoms with Gasteiger partial charge in [-0.05, 0) is 24.6 Å². The number of halogens is 1. The molecular formula is C20H23FN2O3. The van der Waals surface area contributed by atoms with Gasteiger partial charge in [0.1, 0.15) is 11.6 Å². The molecule has 0 aliphatic heterocycles. The third-order valence-electron chi connectivity index (χ3n) is 4.21. The van der Waals surface area contributed by atoms with Gasteiger partial charge in [-0.3, -0.25) is 0 Å². The Bertz CT molecular complexity index is 850. The zero-order valence-corrected chi connectivity index (χ0v) is 14.5. The van der Waals surface area contributed by atoms with Gasteiger partial charge < -0.3 is 19.5 Å². The summed E-state index contributed by atoms with van der Waals surface area (Å²) >= 11 is 0. The van der Waals surface area contributed by atoms with Gasteiger partial charge >= 0.3 is 0 Å². The van der Waals surface area contributed by atoms with Crippen LogP contribution in [0.15, 0.2) is 48.5 Å². The summed E-state index contributed by atoms with van der Waals surface area (Å²) in [6, 6.07) is 14.2. The molecule has 1 unspecified atom stereocenters. The van der Waals surface area contributed by atoms with Gasteiger partial charge in [0.05, 0.1) is 36.9 Å². The molecule has 2 N–H and O–H groups in total. The van der Waals surface area contributed by atoms with Crippen LogP contribution in [0, 0.1) is 5.82 Å². The second-order valence-corrected chi connectivity index (χ2v) is 6.21. The molecule has 0 bridgehead atoms. The van der Waals surface area contributed by atoms with E-state index >= 15 is 0 Å². The Hall–Kier alpha value is -2.28. The molecule has 0 saturated heterocycles. The molecule has 2 aromatic carbocycles. The molecule has 0 fully saturated rings. The molecule has 3 aromatic rings. The van der Waals surface area contributed by atoms with Crippen LogP contribution in [0.4, 0.5) is 4.39 Å². The molecule has 3 rings (SSSR count). The van der Waals surface area contributed by atoms with E-state index in [1.54, 1.807) is 18.2 Å². The van der Waals surface area contributed by atoms with Crippen molar-refractivity contribution in [1.82, 2.24) is 9.55 Å². The maximum Gasteiger partial charge on any atom is 0.128 e. The highest BCUT2D eigenvalue weighted by molar-refractivity contribution is 5.75. The molecule has 0 radical (unpaired) electrons. The number of aryl methyl sites for hydroxylation is 1. The van der Waals surface area contributed by atoms with E-state index in [4.69, 9.17) is 9.84 Å². The molecule has 0 amide bonds. The first kappa shape index (κ1) is 18.5. The first-order chi connectivity index (χ1) is 12.7. The highest BCUT2D eigenvalue weighted by Crippen LogP contribution is 2.18. The van der Waals surface area contributed by atoms with E-state index in [0.29, 0.717) is 24.9 Å². The molecule has 6 heteroatoms. The van der Waals surface area contributed by atoms with Gasteiger partial charge in [0.2, 0.25) is 0 Å². The minimum Gasteiger partial charge on any atom is -0.396 e. The number of hydrogen-bond acceptors (Lipinski definition) is 4. The van der Waals surface area contributed by atoms with Crippen LogP contribution in [-0.4, -0.2) is 39.1 Å². The average Bonchev–Trinajstić information content (AvgIpc) is 2.99. The molecule has 0 aliphatic carbocycles. The fourth-order valence-corrected chi connectivity index (χ4v) is 2.94. The lowest BCUT2D eigenvalue weighted by Crippen LogP contribution is -2.23. The Morgan fingerprint density at radius 3 is 2.69 bits per heavy atom. The summed E-state index contributed by atoms with van der Waals surface area (Å²) in [5, 5.41) is 19.4. The molecule has 1 aromatic heterocycles. The molecule has 138 valence electrons. The number of aliphatic hydroxyl groups excluding tert-OH is 2. The van der Waals surface area contributed by atoms with Crippen molar-refractivity contribution in [3.8, 4) is 0 Å². The van der Waals surface area contributed by atoms with Crippen LogP contribution < -0.4 is 0 Å². The third-order valence-corrected chi connectivity index (χ3v) is 4.21. The number of aliphatic hydroxyl groups is 2. The normalized spacial score (nSPS) is 12.6. The predicted octanol–water partition coefficient (Wildman–Crippen LogP) is 2.68. The lowest BCUT2D eigenvalue weighted by atomic mass is 10.2. The van der Waals surface area contributed by atoms with E-state index in [9.17, 15) is 9.50 Å². The fraction of sp³-hybridized carbons (Fsp3) is 0.350. The Morgan fingerprint density at radius 2 is 1.88 bits per heavy atom. The number of aromatic nitrogens is 2. The molecule has 0 saturated carbocycles. The van der Waals surface area contributed by atoms with Gasteiger partial charge in [0.15, 0.2) is 0 Å². The lowest BCUT2D eigenvalue weighted by molar-refractivity contribution is 0.0196. The van der Waals surface area contributed by atoms with E-state index in [0.717, 1.165) is 16.9 Å². The third kappa shape index (κ3) is 4.46. The Kier molecular flexibility index (Phi) is 6.33. The summed E-state index contributed by atoms with van der Waals surface area (Å²) < 4.78 is 21.0. The van der Waals surface area contributed by atoms with Crippen molar-refractivity contribution in [2.75, 3.05) is 13.2 Å². The minimum absolute atomic E-state index is 0.0948. The van der Waals surface area contributed by atoms with Crippen molar-refractivity contribution >= 4 is 11.0 Å². The van der Waals surface area contributed by atoms with Gasteiger partial charge in [-0.1, -0.05) is 30.3 Å². The first-order valence-corrected chi connectivity index (χ1v) is 8.73. The monoisotopic (exact) mass is 358 g/mol. The number of ether oxygens (including phenoxy) is 1. The van der Waals surface area contributed by atoms with Crippen LogP contribution >= 0.6 is 0 Å². The van der Waals surface area contributed by atoms with E-state index in [2.05, 4.69) is 4.98 Å². The summed E-state index contributed by atoms with van der Waals surface area (Å²) in [7, 11) is 0. The highest BCUT2D eigenvalue weighted by Gasteiger charge is 2.14. The molecule has 5 nitrogen and oxygen atoms in total. The fourth-order valence-electron chi connectivity index (χ4n) is 2.94. The number of hydrogen-bond donors (Lipinski definition) is 2. The van der Waals surface area contributed by atoms with Crippen molar-refractivity contribution in [2.24, 2.45) is 0 Å². The maximum atomic E-state index is 13.6. The van der Waals surface area contributed by atoms with Gasteiger partial charge in [-0.15, -0.1) is 0 Å². The molecule has 26 heavy (non-hydrogen) atoms. The van der Waals surface area contributed by atoms with Crippen LogP contribution in [0.2, 0.25) is 0 Å². The Morgan fingerprint density at radius 1 is 1.12 bits per heavy atom. The van der Waals surface area contributed by atoms with Crippen molar-refractivity contribution in [1.29, 1.82) is 0 Å². The second-order valence-electron chi connectivity index (χ2n) is 6.21.